The van der Waals surface area contributed by atoms with Crippen molar-refractivity contribution in [3.8, 4) is 34.2 Å². The van der Waals surface area contributed by atoms with Crippen LogP contribution in [-0.2, 0) is 0 Å². The summed E-state index contributed by atoms with van der Waals surface area (Å²) in [4.78, 5) is 22.6. The molecule has 0 unspecified atom stereocenters. The molecule has 112 heavy (non-hydrogen) atoms. The number of hydrogen-bond donors (Lipinski definition) is 0. The van der Waals surface area contributed by atoms with Crippen LogP contribution in [-0.4, -0.2) is 29.1 Å². The van der Waals surface area contributed by atoms with Crippen molar-refractivity contribution in [3.63, 3.8) is 0 Å². The summed E-state index contributed by atoms with van der Waals surface area (Å²) in [6.45, 7) is 0. The SMILES string of the molecule is c1ccc2cc3c(cc2c1)c1c2c4ccccc4c4ccccc4c2ccc1n3-c1nc2c(ccc3ccccc32)nc1-c1ccc2sc3ccccc3c2c1.c1ccc2cc3c(cc2c1)c1c2c4ccccc4c4ccccc4c2ccc1n3-c1nc2ccc3ccccc3c2nc1-c1ccc2sc3ccccc3c2c1. The first-order chi connectivity index (χ1) is 55.5. The van der Waals surface area contributed by atoms with Gasteiger partial charge in [0.15, 0.2) is 11.6 Å². The number of rotatable bonds is 4. The highest BCUT2D eigenvalue weighted by molar-refractivity contribution is 7.26. The van der Waals surface area contributed by atoms with Gasteiger partial charge in [0.05, 0.1) is 44.1 Å². The molecule has 0 spiro atoms. The van der Waals surface area contributed by atoms with Crippen LogP contribution in [0.3, 0.4) is 0 Å². The molecule has 0 bridgehead atoms. The van der Waals surface area contributed by atoms with E-state index in [0.29, 0.717) is 0 Å². The molecule has 0 atom stereocenters. The summed E-state index contributed by atoms with van der Waals surface area (Å²) in [7, 11) is 0. The van der Waals surface area contributed by atoms with E-state index in [-0.39, 0.29) is 0 Å². The van der Waals surface area contributed by atoms with Crippen LogP contribution >= 0.6 is 22.7 Å². The summed E-state index contributed by atoms with van der Waals surface area (Å²) in [6.07, 6.45) is 0. The van der Waals surface area contributed by atoms with Crippen molar-refractivity contribution in [2.45, 2.75) is 0 Å². The molecule has 0 fully saturated rings. The fourth-order valence-corrected chi connectivity index (χ4v) is 21.0. The van der Waals surface area contributed by atoms with Crippen LogP contribution in [0.5, 0.6) is 0 Å². The lowest BCUT2D eigenvalue weighted by molar-refractivity contribution is 1.08. The summed E-state index contributed by atoms with van der Waals surface area (Å²) in [5, 5.41) is 34.4. The zero-order valence-corrected chi connectivity index (χ0v) is 61.6. The molecule has 0 saturated heterocycles. The van der Waals surface area contributed by atoms with Gasteiger partial charge in [-0.3, -0.25) is 9.13 Å². The predicted octanol–water partition coefficient (Wildman–Crippen LogP) is 29.1. The molecule has 0 radical (unpaired) electrons. The van der Waals surface area contributed by atoms with Crippen LogP contribution in [0, 0.1) is 0 Å². The second kappa shape index (κ2) is 23.6. The molecule has 0 saturated carbocycles. The maximum Gasteiger partial charge on any atom is 0.165 e. The third-order valence-corrected chi connectivity index (χ3v) is 26.1. The Morgan fingerprint density at radius 2 is 0.518 bits per heavy atom. The van der Waals surface area contributed by atoms with E-state index in [0.717, 1.165) is 99.8 Å². The fraction of sp³-hybridized carbons (Fsp3) is 0. The smallest absolute Gasteiger partial charge is 0.165 e. The minimum Gasteiger partial charge on any atom is -0.292 e. The topological polar surface area (TPSA) is 61.4 Å². The zero-order chi connectivity index (χ0) is 73.0. The Balaban J connectivity index is 0.000000127. The Morgan fingerprint density at radius 3 is 0.973 bits per heavy atom. The van der Waals surface area contributed by atoms with Crippen LogP contribution in [0.2, 0.25) is 0 Å². The minimum atomic E-state index is 0.825. The first-order valence-corrected chi connectivity index (χ1v) is 39.8. The minimum absolute atomic E-state index is 0.825. The lowest BCUT2D eigenvalue weighted by Gasteiger charge is -2.16. The normalized spacial score (nSPS) is 12.3. The average molecular weight is 1460 g/mol. The lowest BCUT2D eigenvalue weighted by atomic mass is 9.91. The average Bonchev–Trinajstić information content (AvgIpc) is 1.51. The van der Waals surface area contributed by atoms with Crippen LogP contribution in [0.25, 0.3) is 248 Å². The van der Waals surface area contributed by atoms with E-state index in [1.807, 2.05) is 22.7 Å². The molecule has 6 nitrogen and oxygen atoms in total. The number of fused-ring (bicyclic) bond motifs is 34. The van der Waals surface area contributed by atoms with Crippen molar-refractivity contribution in [1.29, 1.82) is 0 Å². The molecule has 20 aromatic carbocycles. The molecule has 6 aromatic heterocycles. The standard InChI is InChI=1S/2C52H29N3S/c1-2-13-32-29-45-42(27-31(32)12-1)49-44(25-23-40-37-17-6-5-15-35(37)36-16-7-8-19-39(36)48(40)49)55(45)52-50(54-51-34-14-4-3-11-30(34)21-24-43(51)53-52)33-22-26-47-41(28-33)38-18-9-10-20-46(38)56-47;1-2-13-32-29-45-42(27-31(32)12-1)49-44(25-23-40-37-17-6-5-15-35(37)36-16-7-8-19-39(36)48(40)49)55(45)52-50(53-43-24-21-30-11-3-4-14-34(30)51(43)54-52)33-22-26-47-41(28-33)38-18-9-10-20-46(38)56-47/h2*1-29H. The van der Waals surface area contributed by atoms with Gasteiger partial charge in [-0.1, -0.05) is 267 Å². The van der Waals surface area contributed by atoms with Crippen molar-refractivity contribution in [2.24, 2.45) is 0 Å². The molecule has 26 aromatic rings. The van der Waals surface area contributed by atoms with E-state index >= 15 is 0 Å². The molecular weight excluding hydrogens is 1400 g/mol. The maximum atomic E-state index is 5.73. The van der Waals surface area contributed by atoms with Gasteiger partial charge < -0.3 is 0 Å². The van der Waals surface area contributed by atoms with Gasteiger partial charge in [0.25, 0.3) is 0 Å². The van der Waals surface area contributed by atoms with E-state index in [9.17, 15) is 0 Å². The monoisotopic (exact) mass is 1450 g/mol. The summed E-state index contributed by atoms with van der Waals surface area (Å²) < 4.78 is 9.91. The third kappa shape index (κ3) is 8.95. The van der Waals surface area contributed by atoms with Gasteiger partial charge in [0.2, 0.25) is 0 Å². The van der Waals surface area contributed by atoms with Gasteiger partial charge in [-0.2, -0.15) is 0 Å². The summed E-state index contributed by atoms with van der Waals surface area (Å²) in [5.41, 5.74) is 11.8. The highest BCUT2D eigenvalue weighted by atomic mass is 32.1. The van der Waals surface area contributed by atoms with Crippen molar-refractivity contribution >= 4 is 236 Å². The summed E-state index contributed by atoms with van der Waals surface area (Å²) in [6, 6.07) is 128. The molecule has 0 aliphatic rings. The molecule has 0 aliphatic carbocycles. The Kier molecular flexibility index (Phi) is 13.0. The van der Waals surface area contributed by atoms with Crippen LogP contribution < -0.4 is 0 Å². The van der Waals surface area contributed by atoms with Crippen molar-refractivity contribution in [3.05, 3.63) is 352 Å². The Morgan fingerprint density at radius 1 is 0.188 bits per heavy atom. The molecule has 6 heterocycles. The quantitative estimate of drug-likeness (QED) is 0.165. The number of aromatic nitrogens is 6. The Bertz CT molecular complexity index is 8610. The molecule has 26 rings (SSSR count). The second-order valence-corrected chi connectivity index (χ2v) is 31.9. The second-order valence-electron chi connectivity index (χ2n) is 29.8. The number of benzene rings is 20. The lowest BCUT2D eigenvalue weighted by Crippen LogP contribution is -2.04. The van der Waals surface area contributed by atoms with Crippen molar-refractivity contribution in [2.75, 3.05) is 0 Å². The zero-order valence-electron chi connectivity index (χ0n) is 60.0. The van der Waals surface area contributed by atoms with E-state index < -0.39 is 0 Å². The Labute approximate surface area is 646 Å². The highest BCUT2D eigenvalue weighted by Crippen LogP contribution is 2.50. The number of hydrogen-bond acceptors (Lipinski definition) is 6. The van der Waals surface area contributed by atoms with E-state index in [1.54, 1.807) is 0 Å². The number of nitrogens with zero attached hydrogens (tertiary/aromatic N) is 6. The van der Waals surface area contributed by atoms with Crippen molar-refractivity contribution < 1.29 is 0 Å². The molecule has 0 amide bonds. The summed E-state index contributed by atoms with van der Waals surface area (Å²) >= 11 is 3.68. The van der Waals surface area contributed by atoms with Gasteiger partial charge in [-0.25, -0.2) is 19.9 Å². The molecular formula is C104H58N6S2. The molecule has 516 valence electrons. The summed E-state index contributed by atoms with van der Waals surface area (Å²) in [5.74, 6) is 1.65. The third-order valence-electron chi connectivity index (χ3n) is 23.8. The van der Waals surface area contributed by atoms with Crippen LogP contribution in [0.1, 0.15) is 0 Å². The highest BCUT2D eigenvalue weighted by Gasteiger charge is 2.27. The van der Waals surface area contributed by atoms with Gasteiger partial charge in [-0.15, -0.1) is 22.7 Å². The molecule has 0 N–H and O–H groups in total. The first kappa shape index (κ1) is 61.7. The fourth-order valence-electron chi connectivity index (χ4n) is 18.8. The van der Waals surface area contributed by atoms with Crippen LogP contribution in [0.4, 0.5) is 0 Å². The van der Waals surface area contributed by atoms with Gasteiger partial charge in [0.1, 0.15) is 11.4 Å². The largest absolute Gasteiger partial charge is 0.292 e. The molecule has 8 heteroatoms. The van der Waals surface area contributed by atoms with Gasteiger partial charge in [0, 0.05) is 94.6 Å². The van der Waals surface area contributed by atoms with E-state index in [2.05, 4.69) is 361 Å². The van der Waals surface area contributed by atoms with Gasteiger partial charge in [-0.05, 0) is 171 Å². The van der Waals surface area contributed by atoms with Crippen molar-refractivity contribution in [1.82, 2.24) is 29.1 Å². The molecule has 0 aliphatic heterocycles. The van der Waals surface area contributed by atoms with E-state index in [4.69, 9.17) is 19.9 Å². The van der Waals surface area contributed by atoms with Crippen LogP contribution in [0.15, 0.2) is 352 Å². The maximum absolute atomic E-state index is 5.73. The Hall–Kier alpha value is -14.3. The first-order valence-electron chi connectivity index (χ1n) is 38.1. The predicted molar refractivity (Wildman–Crippen MR) is 479 cm³/mol. The number of thiophene rings is 2. The van der Waals surface area contributed by atoms with E-state index in [1.165, 1.54) is 148 Å². The van der Waals surface area contributed by atoms with Gasteiger partial charge >= 0.3 is 0 Å².